The van der Waals surface area contributed by atoms with Crippen molar-refractivity contribution in [3.05, 3.63) is 101 Å². The summed E-state index contributed by atoms with van der Waals surface area (Å²) in [7, 11) is 0. The zero-order valence-electron chi connectivity index (χ0n) is 17.6. The summed E-state index contributed by atoms with van der Waals surface area (Å²) in [5.74, 6) is -0.440. The van der Waals surface area contributed by atoms with Crippen LogP contribution in [0.2, 0.25) is 0 Å². The van der Waals surface area contributed by atoms with Gasteiger partial charge in [-0.25, -0.2) is 9.78 Å². The number of nitrogens with zero attached hydrogens (tertiary/aromatic N) is 1. The van der Waals surface area contributed by atoms with Crippen molar-refractivity contribution in [1.29, 1.82) is 0 Å². The first kappa shape index (κ1) is 21.5. The summed E-state index contributed by atoms with van der Waals surface area (Å²) in [6.07, 6.45) is 4.42. The molecule has 2 aromatic carbocycles. The lowest BCUT2D eigenvalue weighted by atomic mass is 9.70. The van der Waals surface area contributed by atoms with E-state index in [2.05, 4.69) is 10.3 Å². The van der Waals surface area contributed by atoms with Crippen LogP contribution >= 0.6 is 11.3 Å². The maximum Gasteiger partial charge on any atom is 0.346 e. The van der Waals surface area contributed by atoms with Gasteiger partial charge in [-0.1, -0.05) is 56.3 Å². The fraction of sp³-hybridized carbons (Fsp3) is 0.160. The number of furan rings is 1. The van der Waals surface area contributed by atoms with Crippen LogP contribution in [0.25, 0.3) is 0 Å². The molecule has 0 saturated carbocycles. The van der Waals surface area contributed by atoms with E-state index in [1.807, 2.05) is 61.7 Å². The average molecular weight is 447 g/mol. The SMILES string of the molecule is CC(C)(C(=O)Nc1nccs1)[C@H](c1ccccc1)c1ccc(OC(=O)c2ccoc2)cc1. The number of rotatable bonds is 7. The number of hydrogen-bond acceptors (Lipinski definition) is 6. The first-order chi connectivity index (χ1) is 15.4. The molecule has 0 aliphatic heterocycles. The van der Waals surface area contributed by atoms with Gasteiger partial charge >= 0.3 is 5.97 Å². The third-order valence-corrected chi connectivity index (χ3v) is 5.96. The zero-order chi connectivity index (χ0) is 22.6. The topological polar surface area (TPSA) is 81.4 Å². The zero-order valence-corrected chi connectivity index (χ0v) is 18.5. The predicted molar refractivity (Wildman–Crippen MR) is 123 cm³/mol. The Bertz CT molecular complexity index is 1170. The van der Waals surface area contributed by atoms with Crippen molar-refractivity contribution in [3.63, 3.8) is 0 Å². The van der Waals surface area contributed by atoms with E-state index in [9.17, 15) is 9.59 Å². The molecule has 1 N–H and O–H groups in total. The molecule has 2 heterocycles. The molecule has 4 aromatic rings. The summed E-state index contributed by atoms with van der Waals surface area (Å²) in [5, 5.41) is 5.31. The van der Waals surface area contributed by atoms with E-state index < -0.39 is 11.4 Å². The number of anilines is 1. The van der Waals surface area contributed by atoms with Crippen molar-refractivity contribution in [1.82, 2.24) is 4.98 Å². The van der Waals surface area contributed by atoms with E-state index in [-0.39, 0.29) is 11.8 Å². The largest absolute Gasteiger partial charge is 0.472 e. The van der Waals surface area contributed by atoms with Crippen LogP contribution < -0.4 is 10.1 Å². The molecule has 0 aliphatic carbocycles. The van der Waals surface area contributed by atoms with Gasteiger partial charge in [-0.2, -0.15) is 0 Å². The quantitative estimate of drug-likeness (QED) is 0.289. The minimum absolute atomic E-state index is 0.128. The first-order valence-electron chi connectivity index (χ1n) is 10.1. The molecule has 4 rings (SSSR count). The fourth-order valence-corrected chi connectivity index (χ4v) is 4.14. The lowest BCUT2D eigenvalue weighted by molar-refractivity contribution is -0.124. The number of amides is 1. The van der Waals surface area contributed by atoms with E-state index in [1.54, 1.807) is 24.4 Å². The van der Waals surface area contributed by atoms with Crippen LogP contribution in [0.1, 0.15) is 41.3 Å². The maximum absolute atomic E-state index is 13.2. The number of benzene rings is 2. The minimum atomic E-state index is -0.790. The van der Waals surface area contributed by atoms with Gasteiger partial charge < -0.3 is 14.5 Å². The van der Waals surface area contributed by atoms with Gasteiger partial charge in [0, 0.05) is 17.5 Å². The number of carbonyl (C=O) groups is 2. The summed E-state index contributed by atoms with van der Waals surface area (Å²) >= 11 is 1.38. The molecule has 0 unspecified atom stereocenters. The number of thiazole rings is 1. The van der Waals surface area contributed by atoms with Gasteiger partial charge in [0.25, 0.3) is 0 Å². The second kappa shape index (κ2) is 9.20. The van der Waals surface area contributed by atoms with E-state index in [1.165, 1.54) is 23.9 Å². The lowest BCUT2D eigenvalue weighted by Gasteiger charge is -2.33. The van der Waals surface area contributed by atoms with Crippen LogP contribution in [-0.2, 0) is 4.79 Å². The van der Waals surface area contributed by atoms with Gasteiger partial charge in [0.05, 0.1) is 17.2 Å². The molecule has 1 atom stereocenters. The smallest absolute Gasteiger partial charge is 0.346 e. The third-order valence-electron chi connectivity index (χ3n) is 5.27. The molecule has 0 fully saturated rings. The Kier molecular flexibility index (Phi) is 6.18. The Morgan fingerprint density at radius 2 is 1.75 bits per heavy atom. The van der Waals surface area contributed by atoms with Gasteiger partial charge in [0.15, 0.2) is 5.13 Å². The molecular weight excluding hydrogens is 424 g/mol. The van der Waals surface area contributed by atoms with E-state index >= 15 is 0 Å². The highest BCUT2D eigenvalue weighted by molar-refractivity contribution is 7.13. The van der Waals surface area contributed by atoms with Crippen LogP contribution in [0.5, 0.6) is 5.75 Å². The van der Waals surface area contributed by atoms with Crippen LogP contribution in [0.15, 0.2) is 89.2 Å². The summed E-state index contributed by atoms with van der Waals surface area (Å²) in [5.41, 5.74) is 1.49. The maximum atomic E-state index is 13.2. The Morgan fingerprint density at radius 1 is 1.03 bits per heavy atom. The summed E-state index contributed by atoms with van der Waals surface area (Å²) in [4.78, 5) is 29.6. The van der Waals surface area contributed by atoms with Crippen LogP contribution in [0.4, 0.5) is 5.13 Å². The number of hydrogen-bond donors (Lipinski definition) is 1. The number of nitrogens with one attached hydrogen (secondary N) is 1. The summed E-state index contributed by atoms with van der Waals surface area (Å²) in [6.45, 7) is 3.83. The summed E-state index contributed by atoms with van der Waals surface area (Å²) < 4.78 is 10.3. The first-order valence-corrected chi connectivity index (χ1v) is 10.9. The monoisotopic (exact) mass is 446 g/mol. The van der Waals surface area contributed by atoms with Gasteiger partial charge in [0.2, 0.25) is 5.91 Å². The fourth-order valence-electron chi connectivity index (χ4n) is 3.62. The molecule has 162 valence electrons. The van der Waals surface area contributed by atoms with Crippen LogP contribution in [0.3, 0.4) is 0 Å². The van der Waals surface area contributed by atoms with Gasteiger partial charge in [-0.3, -0.25) is 4.79 Å². The van der Waals surface area contributed by atoms with Crippen LogP contribution in [-0.4, -0.2) is 16.9 Å². The molecule has 0 bridgehead atoms. The standard InChI is InChI=1S/C25H22N2O4S/c1-25(2,23(29)27-24-26-13-15-32-24)21(17-6-4-3-5-7-17)18-8-10-20(11-9-18)31-22(28)19-12-14-30-16-19/h3-16,21H,1-2H3,(H,26,27,29)/t21-/m1/s1. The summed E-state index contributed by atoms with van der Waals surface area (Å²) in [6, 6.07) is 18.7. The van der Waals surface area contributed by atoms with E-state index in [4.69, 9.17) is 9.15 Å². The molecule has 2 aromatic heterocycles. The molecule has 0 saturated heterocycles. The van der Waals surface area contributed by atoms with E-state index in [0.29, 0.717) is 16.4 Å². The third kappa shape index (κ3) is 4.63. The Balaban J connectivity index is 1.62. The highest BCUT2D eigenvalue weighted by Gasteiger charge is 2.39. The van der Waals surface area contributed by atoms with Crippen molar-refractivity contribution < 1.29 is 18.7 Å². The molecule has 7 heteroatoms. The average Bonchev–Trinajstić information content (AvgIpc) is 3.50. The number of aromatic nitrogens is 1. The van der Waals surface area contributed by atoms with Crippen molar-refractivity contribution in [3.8, 4) is 5.75 Å². The molecular formula is C25H22N2O4S. The predicted octanol–water partition coefficient (Wildman–Crippen LogP) is 5.75. The van der Waals surface area contributed by atoms with Gasteiger partial charge in [0.1, 0.15) is 12.0 Å². The molecule has 32 heavy (non-hydrogen) atoms. The van der Waals surface area contributed by atoms with Gasteiger partial charge in [-0.15, -0.1) is 11.3 Å². The van der Waals surface area contributed by atoms with Crippen LogP contribution in [0, 0.1) is 5.41 Å². The van der Waals surface area contributed by atoms with E-state index in [0.717, 1.165) is 11.1 Å². The molecule has 6 nitrogen and oxygen atoms in total. The van der Waals surface area contributed by atoms with Crippen molar-refractivity contribution in [2.24, 2.45) is 5.41 Å². The van der Waals surface area contributed by atoms with Gasteiger partial charge in [-0.05, 0) is 29.3 Å². The molecule has 0 aliphatic rings. The highest BCUT2D eigenvalue weighted by Crippen LogP contribution is 2.42. The highest BCUT2D eigenvalue weighted by atomic mass is 32.1. The Hall–Kier alpha value is -3.71. The second-order valence-corrected chi connectivity index (χ2v) is 8.72. The second-order valence-electron chi connectivity index (χ2n) is 7.83. The molecule has 0 spiro atoms. The minimum Gasteiger partial charge on any atom is -0.472 e. The Labute approximate surface area is 189 Å². The van der Waals surface area contributed by atoms with Crippen molar-refractivity contribution in [2.45, 2.75) is 19.8 Å². The Morgan fingerprint density at radius 3 is 2.38 bits per heavy atom. The number of ether oxygens (including phenoxy) is 1. The number of carbonyl (C=O) groups excluding carboxylic acids is 2. The van der Waals surface area contributed by atoms with Crippen molar-refractivity contribution in [2.75, 3.05) is 5.32 Å². The molecule has 1 amide bonds. The lowest BCUT2D eigenvalue weighted by Crippen LogP contribution is -2.37. The molecule has 0 radical (unpaired) electrons. The van der Waals surface area contributed by atoms with Crippen molar-refractivity contribution >= 4 is 28.3 Å². The number of esters is 1. The normalized spacial score (nSPS) is 12.2.